The van der Waals surface area contributed by atoms with Gasteiger partial charge in [0.05, 0.1) is 18.4 Å². The Balaban J connectivity index is 1.68. The van der Waals surface area contributed by atoms with Crippen LogP contribution in [-0.2, 0) is 11.3 Å². The Morgan fingerprint density at radius 2 is 1.52 bits per heavy atom. The normalized spacial score (nSPS) is 10.3. The number of methoxy groups -OCH3 is 1. The highest BCUT2D eigenvalue weighted by Gasteiger charge is 2.05. The van der Waals surface area contributed by atoms with E-state index in [0.29, 0.717) is 17.8 Å². The van der Waals surface area contributed by atoms with Crippen LogP contribution < -0.4 is 5.32 Å². The Hall–Kier alpha value is -3.14. The Labute approximate surface area is 146 Å². The van der Waals surface area contributed by atoms with Crippen LogP contribution in [0.4, 0.5) is 10.1 Å². The van der Waals surface area contributed by atoms with E-state index in [1.807, 2.05) is 36.4 Å². The van der Waals surface area contributed by atoms with Crippen molar-refractivity contribution in [1.82, 2.24) is 0 Å². The van der Waals surface area contributed by atoms with Crippen molar-refractivity contribution in [2.45, 2.75) is 6.54 Å². The highest BCUT2D eigenvalue weighted by atomic mass is 19.1. The van der Waals surface area contributed by atoms with Crippen LogP contribution in [-0.4, -0.2) is 13.1 Å². The van der Waals surface area contributed by atoms with Crippen LogP contribution in [0.1, 0.15) is 15.9 Å². The molecule has 3 nitrogen and oxygen atoms in total. The first kappa shape index (κ1) is 16.7. The maximum Gasteiger partial charge on any atom is 0.337 e. The van der Waals surface area contributed by atoms with Gasteiger partial charge in [0, 0.05) is 6.54 Å². The Bertz CT molecular complexity index is 858. The maximum absolute atomic E-state index is 13.6. The van der Waals surface area contributed by atoms with Crippen molar-refractivity contribution in [1.29, 1.82) is 0 Å². The smallest absolute Gasteiger partial charge is 0.337 e. The number of carbonyl (C=O) groups is 1. The number of halogens is 1. The lowest BCUT2D eigenvalue weighted by Gasteiger charge is -2.09. The van der Waals surface area contributed by atoms with E-state index in [1.165, 1.54) is 13.2 Å². The fourth-order valence-electron chi connectivity index (χ4n) is 2.53. The van der Waals surface area contributed by atoms with Crippen molar-refractivity contribution >= 4 is 11.7 Å². The molecule has 0 amide bonds. The van der Waals surface area contributed by atoms with Crippen LogP contribution in [0.2, 0.25) is 0 Å². The number of carbonyl (C=O) groups excluding carboxylic acids is 1. The Morgan fingerprint density at radius 1 is 0.920 bits per heavy atom. The van der Waals surface area contributed by atoms with Crippen LogP contribution >= 0.6 is 0 Å². The van der Waals surface area contributed by atoms with Crippen molar-refractivity contribution in [3.8, 4) is 11.1 Å². The van der Waals surface area contributed by atoms with E-state index in [-0.39, 0.29) is 11.8 Å². The number of hydrogen-bond donors (Lipinski definition) is 1. The summed E-state index contributed by atoms with van der Waals surface area (Å²) in [4.78, 5) is 11.5. The molecule has 1 N–H and O–H groups in total. The summed E-state index contributed by atoms with van der Waals surface area (Å²) in [6.07, 6.45) is 0. The first-order valence-corrected chi connectivity index (χ1v) is 7.93. The lowest BCUT2D eigenvalue weighted by molar-refractivity contribution is 0.0601. The SMILES string of the molecule is COC(=O)c1ccc(-c2ccc(CNc3ccccc3F)cc2)cc1. The zero-order valence-corrected chi connectivity index (χ0v) is 13.8. The average molecular weight is 335 g/mol. The quantitative estimate of drug-likeness (QED) is 0.675. The molecule has 25 heavy (non-hydrogen) atoms. The van der Waals surface area contributed by atoms with E-state index in [0.717, 1.165) is 16.7 Å². The van der Waals surface area contributed by atoms with Gasteiger partial charge in [-0.15, -0.1) is 0 Å². The molecule has 3 aromatic rings. The van der Waals surface area contributed by atoms with Gasteiger partial charge >= 0.3 is 5.97 Å². The molecule has 0 fully saturated rings. The summed E-state index contributed by atoms with van der Waals surface area (Å²) in [7, 11) is 1.37. The molecular formula is C21H18FNO2. The zero-order chi connectivity index (χ0) is 17.6. The second-order valence-corrected chi connectivity index (χ2v) is 5.60. The number of benzene rings is 3. The van der Waals surface area contributed by atoms with Crippen molar-refractivity contribution in [2.75, 3.05) is 12.4 Å². The number of rotatable bonds is 5. The summed E-state index contributed by atoms with van der Waals surface area (Å²) in [6.45, 7) is 0.544. The van der Waals surface area contributed by atoms with Gasteiger partial charge < -0.3 is 10.1 Å². The standard InChI is InChI=1S/C21H18FNO2/c1-25-21(24)18-12-10-17(11-13-18)16-8-6-15(7-9-16)14-23-20-5-3-2-4-19(20)22/h2-13,23H,14H2,1H3. The molecule has 0 spiro atoms. The summed E-state index contributed by atoms with van der Waals surface area (Å²) in [6, 6.07) is 21.9. The summed E-state index contributed by atoms with van der Waals surface area (Å²) >= 11 is 0. The number of anilines is 1. The molecule has 0 heterocycles. The first-order chi connectivity index (χ1) is 12.2. The summed E-state index contributed by atoms with van der Waals surface area (Å²) in [5.74, 6) is -0.606. The molecule has 0 atom stereocenters. The lowest BCUT2D eigenvalue weighted by Crippen LogP contribution is -2.01. The molecule has 0 saturated carbocycles. The van der Waals surface area contributed by atoms with Gasteiger partial charge in [-0.05, 0) is 41.0 Å². The third-order valence-electron chi connectivity index (χ3n) is 3.95. The van der Waals surface area contributed by atoms with Gasteiger partial charge in [-0.1, -0.05) is 48.5 Å². The van der Waals surface area contributed by atoms with Crippen LogP contribution in [0.15, 0.2) is 72.8 Å². The molecule has 4 heteroatoms. The van der Waals surface area contributed by atoms with Crippen LogP contribution in [0.3, 0.4) is 0 Å². The molecule has 126 valence electrons. The third-order valence-corrected chi connectivity index (χ3v) is 3.95. The highest BCUT2D eigenvalue weighted by Crippen LogP contribution is 2.21. The van der Waals surface area contributed by atoms with Gasteiger partial charge in [0.2, 0.25) is 0 Å². The molecule has 0 aliphatic carbocycles. The van der Waals surface area contributed by atoms with Crippen LogP contribution in [0.25, 0.3) is 11.1 Å². The minimum Gasteiger partial charge on any atom is -0.465 e. The predicted octanol–water partition coefficient (Wildman–Crippen LogP) is 4.89. The van der Waals surface area contributed by atoms with E-state index in [1.54, 1.807) is 30.3 Å². The molecule has 0 bridgehead atoms. The molecule has 0 unspecified atom stereocenters. The predicted molar refractivity (Wildman–Crippen MR) is 96.9 cm³/mol. The fourth-order valence-corrected chi connectivity index (χ4v) is 2.53. The van der Waals surface area contributed by atoms with Crippen molar-refractivity contribution in [2.24, 2.45) is 0 Å². The third kappa shape index (κ3) is 4.04. The molecule has 3 aromatic carbocycles. The number of ether oxygens (including phenoxy) is 1. The molecule has 0 radical (unpaired) electrons. The Morgan fingerprint density at radius 3 is 2.12 bits per heavy atom. The van der Waals surface area contributed by atoms with E-state index >= 15 is 0 Å². The van der Waals surface area contributed by atoms with Crippen LogP contribution in [0.5, 0.6) is 0 Å². The summed E-state index contributed by atoms with van der Waals surface area (Å²) in [5.41, 5.74) is 4.13. The number of nitrogens with one attached hydrogen (secondary N) is 1. The van der Waals surface area contributed by atoms with Gasteiger partial charge in [0.1, 0.15) is 5.82 Å². The molecular weight excluding hydrogens is 317 g/mol. The van der Waals surface area contributed by atoms with Gasteiger partial charge in [-0.2, -0.15) is 0 Å². The van der Waals surface area contributed by atoms with Gasteiger partial charge in [-0.3, -0.25) is 0 Å². The molecule has 3 rings (SSSR count). The summed E-state index contributed by atoms with van der Waals surface area (Å²) < 4.78 is 18.3. The van der Waals surface area contributed by atoms with E-state index < -0.39 is 0 Å². The topological polar surface area (TPSA) is 38.3 Å². The number of esters is 1. The van der Waals surface area contributed by atoms with Crippen molar-refractivity contribution < 1.29 is 13.9 Å². The molecule has 0 aliphatic heterocycles. The van der Waals surface area contributed by atoms with Gasteiger partial charge in [0.15, 0.2) is 0 Å². The second kappa shape index (κ2) is 7.62. The molecule has 0 aliphatic rings. The first-order valence-electron chi connectivity index (χ1n) is 7.93. The van der Waals surface area contributed by atoms with Crippen molar-refractivity contribution in [3.05, 3.63) is 89.7 Å². The molecule has 0 saturated heterocycles. The van der Waals surface area contributed by atoms with Gasteiger partial charge in [-0.25, -0.2) is 9.18 Å². The number of para-hydroxylation sites is 1. The zero-order valence-electron chi connectivity index (χ0n) is 13.8. The largest absolute Gasteiger partial charge is 0.465 e. The monoisotopic (exact) mass is 335 g/mol. The highest BCUT2D eigenvalue weighted by molar-refractivity contribution is 5.89. The van der Waals surface area contributed by atoms with E-state index in [9.17, 15) is 9.18 Å². The van der Waals surface area contributed by atoms with E-state index in [4.69, 9.17) is 4.74 Å². The van der Waals surface area contributed by atoms with Crippen LogP contribution in [0, 0.1) is 5.82 Å². The maximum atomic E-state index is 13.6. The minimum atomic E-state index is -0.346. The average Bonchev–Trinajstić information content (AvgIpc) is 2.67. The second-order valence-electron chi connectivity index (χ2n) is 5.60. The Kier molecular flexibility index (Phi) is 5.09. The fraction of sp³-hybridized carbons (Fsp3) is 0.0952. The van der Waals surface area contributed by atoms with Crippen molar-refractivity contribution in [3.63, 3.8) is 0 Å². The lowest BCUT2D eigenvalue weighted by atomic mass is 10.0. The summed E-state index contributed by atoms with van der Waals surface area (Å²) in [5, 5.41) is 3.09. The molecule has 0 aromatic heterocycles. The number of hydrogen-bond acceptors (Lipinski definition) is 3. The van der Waals surface area contributed by atoms with E-state index in [2.05, 4.69) is 5.32 Å². The minimum absolute atomic E-state index is 0.259. The van der Waals surface area contributed by atoms with Gasteiger partial charge in [0.25, 0.3) is 0 Å².